The van der Waals surface area contributed by atoms with E-state index in [0.717, 1.165) is 13.2 Å². The fraction of sp³-hybridized carbons (Fsp3) is 1.00. The SMILES string of the molecule is C1COCO1.FCF.O=S(=O)(F)OF. The average molecular weight is 244 g/mol. The van der Waals surface area contributed by atoms with E-state index in [4.69, 9.17) is 17.9 Å². The van der Waals surface area contributed by atoms with Gasteiger partial charge in [0, 0.05) is 0 Å². The molecule has 0 amide bonds. The summed E-state index contributed by atoms with van der Waals surface area (Å²) < 4.78 is 68.4. The van der Waals surface area contributed by atoms with Crippen LogP contribution in [0.5, 0.6) is 0 Å². The van der Waals surface area contributed by atoms with E-state index in [0.29, 0.717) is 6.79 Å². The maximum absolute atomic E-state index is 10.5. The van der Waals surface area contributed by atoms with Gasteiger partial charge < -0.3 is 9.47 Å². The molecule has 1 aliphatic rings. The molecule has 10 heteroatoms. The molecule has 0 aliphatic carbocycles. The number of alkyl halides is 2. The Morgan fingerprint density at radius 1 is 1.21 bits per heavy atom. The topological polar surface area (TPSA) is 61.8 Å². The first-order valence-electron chi connectivity index (χ1n) is 3.00. The van der Waals surface area contributed by atoms with Gasteiger partial charge in [-0.25, -0.2) is 8.78 Å². The maximum atomic E-state index is 10.5. The van der Waals surface area contributed by atoms with Gasteiger partial charge in [-0.15, -0.1) is 0 Å². The number of hydrogen-bond acceptors (Lipinski definition) is 5. The highest BCUT2D eigenvalue weighted by atomic mass is 32.3. The standard InChI is InChI=1S/C3H6O2.CH2F2.F2O3S/c1-2-5-3-4-1;2-1-3;1-5-6(2,3)4/h1-3H2;1H2;. The molecule has 0 bridgehead atoms. The molecular weight excluding hydrogens is 236 g/mol. The predicted octanol–water partition coefficient (Wildman–Crippen LogP) is 0.975. The minimum Gasteiger partial charge on any atom is -0.353 e. The van der Waals surface area contributed by atoms with Crippen molar-refractivity contribution in [3.63, 3.8) is 0 Å². The number of hydrogen-bond donors (Lipinski definition) is 0. The Morgan fingerprint density at radius 3 is 1.57 bits per heavy atom. The highest BCUT2D eigenvalue weighted by Gasteiger charge is 2.03. The molecule has 1 heterocycles. The normalized spacial score (nSPS) is 14.9. The zero-order chi connectivity index (χ0) is 11.4. The van der Waals surface area contributed by atoms with Crippen molar-refractivity contribution >= 4 is 10.5 Å². The molecule has 1 aliphatic heterocycles. The van der Waals surface area contributed by atoms with Crippen molar-refractivity contribution in [2.24, 2.45) is 0 Å². The molecule has 1 saturated heterocycles. The molecule has 1 fully saturated rings. The third-order valence-electron chi connectivity index (χ3n) is 0.614. The van der Waals surface area contributed by atoms with Crippen molar-refractivity contribution < 1.29 is 39.5 Å². The lowest BCUT2D eigenvalue weighted by atomic mass is 10.8. The fourth-order valence-corrected chi connectivity index (χ4v) is 0.295. The molecule has 1 rings (SSSR count). The summed E-state index contributed by atoms with van der Waals surface area (Å²) in [6.45, 7) is 0.306. The fourth-order valence-electron chi connectivity index (χ4n) is 0.295. The number of ether oxygens (including phenoxy) is 2. The highest BCUT2D eigenvalue weighted by Crippen LogP contribution is 1.90. The van der Waals surface area contributed by atoms with Crippen LogP contribution in [-0.2, 0) is 24.4 Å². The molecule has 0 saturated carbocycles. The van der Waals surface area contributed by atoms with Gasteiger partial charge in [0.15, 0.2) is 0 Å². The van der Waals surface area contributed by atoms with Gasteiger partial charge in [0.25, 0.3) is 0 Å². The summed E-state index contributed by atoms with van der Waals surface area (Å²) in [5.74, 6) is 0. The van der Waals surface area contributed by atoms with Crippen molar-refractivity contribution in [2.45, 2.75) is 0 Å². The maximum Gasteiger partial charge on any atom is 0.468 e. The molecule has 5 nitrogen and oxygen atoms in total. The predicted molar refractivity (Wildman–Crippen MR) is 36.1 cm³/mol. The van der Waals surface area contributed by atoms with E-state index in [9.17, 15) is 17.2 Å². The van der Waals surface area contributed by atoms with Crippen LogP contribution in [-0.4, -0.2) is 35.4 Å². The summed E-state index contributed by atoms with van der Waals surface area (Å²) in [6.07, 6.45) is 0. The number of rotatable bonds is 1. The van der Waals surface area contributed by atoms with E-state index in [2.05, 4.69) is 0 Å². The van der Waals surface area contributed by atoms with E-state index in [1.54, 1.807) is 4.39 Å². The van der Waals surface area contributed by atoms with Crippen LogP contribution >= 0.6 is 0 Å². The van der Waals surface area contributed by atoms with Crippen LogP contribution < -0.4 is 0 Å². The van der Waals surface area contributed by atoms with Crippen molar-refractivity contribution in [3.8, 4) is 0 Å². The average Bonchev–Trinajstić information content (AvgIpc) is 2.61. The van der Waals surface area contributed by atoms with Crippen LogP contribution in [0.15, 0.2) is 0 Å². The Balaban J connectivity index is 0. The first-order chi connectivity index (χ1) is 6.47. The zero-order valence-corrected chi connectivity index (χ0v) is 7.61. The second-order valence-electron chi connectivity index (χ2n) is 1.49. The second kappa shape index (κ2) is 10.6. The van der Waals surface area contributed by atoms with Crippen LogP contribution in [0.1, 0.15) is 0 Å². The smallest absolute Gasteiger partial charge is 0.353 e. The molecule has 0 radical (unpaired) electrons. The zero-order valence-electron chi connectivity index (χ0n) is 6.79. The van der Waals surface area contributed by atoms with Crippen LogP contribution in [0.2, 0.25) is 0 Å². The summed E-state index contributed by atoms with van der Waals surface area (Å²) in [4.78, 5) is 0. The van der Waals surface area contributed by atoms with E-state index in [1.807, 2.05) is 0 Å². The lowest BCUT2D eigenvalue weighted by Crippen LogP contribution is -1.85. The van der Waals surface area contributed by atoms with Gasteiger partial charge >= 0.3 is 10.5 Å². The summed E-state index contributed by atoms with van der Waals surface area (Å²) in [5, 5.41) is 0. The van der Waals surface area contributed by atoms with E-state index >= 15 is 0 Å². The summed E-state index contributed by atoms with van der Waals surface area (Å²) >= 11 is 0. The Morgan fingerprint density at radius 2 is 1.50 bits per heavy atom. The Kier molecular flexibility index (Phi) is 12.1. The molecule has 0 aromatic rings. The Bertz CT molecular complexity index is 184. The molecule has 0 N–H and O–H groups in total. The lowest BCUT2D eigenvalue weighted by Gasteiger charge is -1.76. The highest BCUT2D eigenvalue weighted by molar-refractivity contribution is 7.81. The van der Waals surface area contributed by atoms with Crippen LogP contribution in [0.4, 0.5) is 17.2 Å². The quantitative estimate of drug-likeness (QED) is 0.508. The summed E-state index contributed by atoms with van der Waals surface area (Å²) in [6, 6.07) is 0. The van der Waals surface area contributed by atoms with Crippen molar-refractivity contribution in [1.29, 1.82) is 0 Å². The monoisotopic (exact) mass is 244 g/mol. The van der Waals surface area contributed by atoms with Gasteiger partial charge in [0.1, 0.15) is 6.79 Å². The van der Waals surface area contributed by atoms with Gasteiger partial charge in [-0.3, -0.25) is 0 Å². The third-order valence-corrected chi connectivity index (χ3v) is 0.764. The largest absolute Gasteiger partial charge is 0.468 e. The minimum absolute atomic E-state index is 0.500. The van der Waals surface area contributed by atoms with Gasteiger partial charge in [-0.1, -0.05) is 3.89 Å². The molecular formula is C4H8F4O5S. The van der Waals surface area contributed by atoms with Crippen molar-refractivity contribution in [3.05, 3.63) is 0 Å². The van der Waals surface area contributed by atoms with Crippen LogP contribution in [0, 0.1) is 0 Å². The first kappa shape index (κ1) is 16.0. The number of halogens is 4. The molecule has 0 atom stereocenters. The molecule has 88 valence electrons. The summed E-state index contributed by atoms with van der Waals surface area (Å²) in [7, 11) is -5.33. The van der Waals surface area contributed by atoms with Crippen molar-refractivity contribution in [2.75, 3.05) is 26.9 Å². The van der Waals surface area contributed by atoms with E-state index in [1.165, 1.54) is 0 Å². The lowest BCUT2D eigenvalue weighted by molar-refractivity contribution is -0.00520. The van der Waals surface area contributed by atoms with Crippen LogP contribution in [0.3, 0.4) is 0 Å². The molecule has 0 spiro atoms. The third kappa shape index (κ3) is 22.6. The summed E-state index contributed by atoms with van der Waals surface area (Å²) in [5.41, 5.74) is 0. The Hall–Kier alpha value is -0.450. The second-order valence-corrected chi connectivity index (χ2v) is 2.40. The first-order valence-corrected chi connectivity index (χ1v) is 4.31. The Labute approximate surface area is 77.9 Å². The van der Waals surface area contributed by atoms with Gasteiger partial charge in [0.05, 0.1) is 13.2 Å². The molecule has 14 heavy (non-hydrogen) atoms. The van der Waals surface area contributed by atoms with E-state index < -0.39 is 17.4 Å². The van der Waals surface area contributed by atoms with Gasteiger partial charge in [0.2, 0.25) is 6.93 Å². The van der Waals surface area contributed by atoms with Crippen LogP contribution in [0.25, 0.3) is 0 Å². The molecule has 0 unspecified atom stereocenters. The van der Waals surface area contributed by atoms with Crippen molar-refractivity contribution in [1.82, 2.24) is 0 Å². The molecule has 0 aromatic carbocycles. The van der Waals surface area contributed by atoms with Gasteiger partial charge in [-0.05, 0) is 8.91 Å². The van der Waals surface area contributed by atoms with Gasteiger partial charge in [-0.2, -0.15) is 8.42 Å². The minimum atomic E-state index is -5.33. The van der Waals surface area contributed by atoms with E-state index in [-0.39, 0.29) is 0 Å². The molecule has 0 aromatic heterocycles.